The Kier molecular flexibility index (Phi) is 4.75. The Balaban J connectivity index is 1.72. The van der Waals surface area contributed by atoms with Crippen molar-refractivity contribution in [2.75, 3.05) is 12.5 Å². The van der Waals surface area contributed by atoms with Gasteiger partial charge < -0.3 is 0 Å². The molecule has 0 atom stereocenters. The van der Waals surface area contributed by atoms with E-state index in [1.54, 1.807) is 23.5 Å². The molecule has 0 amide bonds. The summed E-state index contributed by atoms with van der Waals surface area (Å²) in [6.45, 7) is 0.888. The van der Waals surface area contributed by atoms with Crippen molar-refractivity contribution in [2.24, 2.45) is 14.1 Å². The second kappa shape index (κ2) is 7.09. The summed E-state index contributed by atoms with van der Waals surface area (Å²) < 4.78 is 6.40. The fourth-order valence-corrected chi connectivity index (χ4v) is 4.11. The minimum atomic E-state index is -0.125. The molecule has 0 unspecified atom stereocenters. The van der Waals surface area contributed by atoms with E-state index in [2.05, 4.69) is 20.2 Å². The molecule has 4 heterocycles. The van der Waals surface area contributed by atoms with Crippen LogP contribution in [0.3, 0.4) is 0 Å². The zero-order chi connectivity index (χ0) is 20.0. The highest BCUT2D eigenvalue weighted by atomic mass is 32.2. The lowest BCUT2D eigenvalue weighted by atomic mass is 10.4. The lowest BCUT2D eigenvalue weighted by molar-refractivity contribution is 0.513. The molecule has 0 aliphatic rings. The highest BCUT2D eigenvalue weighted by molar-refractivity contribution is 7.98. The minimum absolute atomic E-state index is 0.125. The van der Waals surface area contributed by atoms with Crippen molar-refractivity contribution in [1.82, 2.24) is 38.7 Å². The molecule has 0 bridgehead atoms. The molecule has 0 fully saturated rings. The third kappa shape index (κ3) is 2.83. The first-order chi connectivity index (χ1) is 13.5. The summed E-state index contributed by atoms with van der Waals surface area (Å²) >= 11 is 2.81. The molecular formula is C16H18N8O2S2. The maximum atomic E-state index is 12.5. The van der Waals surface area contributed by atoms with Gasteiger partial charge in [-0.1, -0.05) is 23.5 Å². The highest BCUT2D eigenvalue weighted by Crippen LogP contribution is 2.16. The monoisotopic (exact) mass is 418 g/mol. The minimum Gasteiger partial charge on any atom is -0.290 e. The quantitative estimate of drug-likeness (QED) is 0.345. The Morgan fingerprint density at radius 2 is 1.18 bits per heavy atom. The number of aromatic nitrogens is 8. The van der Waals surface area contributed by atoms with Gasteiger partial charge in [-0.15, -0.1) is 0 Å². The molecule has 0 aliphatic heterocycles. The van der Waals surface area contributed by atoms with Gasteiger partial charge in [-0.2, -0.15) is 10.2 Å². The van der Waals surface area contributed by atoms with Gasteiger partial charge in [0.2, 0.25) is 0 Å². The normalized spacial score (nSPS) is 11.7. The first kappa shape index (κ1) is 18.7. The van der Waals surface area contributed by atoms with Crippen molar-refractivity contribution in [2.45, 2.75) is 23.4 Å². The van der Waals surface area contributed by atoms with Crippen LogP contribution in [0.25, 0.3) is 22.1 Å². The molecule has 28 heavy (non-hydrogen) atoms. The van der Waals surface area contributed by atoms with Gasteiger partial charge >= 0.3 is 0 Å². The number of nitrogens with zero attached hydrogens (tertiary/aromatic N) is 8. The molecule has 0 aromatic carbocycles. The molecule has 4 aromatic rings. The lowest BCUT2D eigenvalue weighted by Gasteiger charge is -2.08. The van der Waals surface area contributed by atoms with Crippen LogP contribution in [0.5, 0.6) is 0 Å². The van der Waals surface area contributed by atoms with E-state index in [4.69, 9.17) is 0 Å². The molecule has 0 spiro atoms. The lowest BCUT2D eigenvalue weighted by Crippen LogP contribution is -2.21. The Hall–Kier alpha value is -2.60. The summed E-state index contributed by atoms with van der Waals surface area (Å²) in [5.41, 5.74) is 0.829. The smallest absolute Gasteiger partial charge is 0.265 e. The van der Waals surface area contributed by atoms with Gasteiger partial charge in [0, 0.05) is 14.1 Å². The molecule has 0 saturated carbocycles. The van der Waals surface area contributed by atoms with Crippen LogP contribution in [0.15, 0.2) is 32.3 Å². The van der Waals surface area contributed by atoms with Crippen LogP contribution in [0.4, 0.5) is 0 Å². The predicted molar refractivity (Wildman–Crippen MR) is 109 cm³/mol. The summed E-state index contributed by atoms with van der Waals surface area (Å²) in [7, 11) is 3.40. The fourth-order valence-electron chi connectivity index (χ4n) is 3.04. The van der Waals surface area contributed by atoms with Gasteiger partial charge in [0.05, 0.1) is 25.5 Å². The van der Waals surface area contributed by atoms with Gasteiger partial charge in [0.15, 0.2) is 21.6 Å². The molecule has 12 heteroatoms. The van der Waals surface area contributed by atoms with Crippen LogP contribution in [0.2, 0.25) is 0 Å². The molecule has 0 aliphatic carbocycles. The topological polar surface area (TPSA) is 105 Å². The van der Waals surface area contributed by atoms with Crippen LogP contribution < -0.4 is 11.1 Å². The van der Waals surface area contributed by atoms with Gasteiger partial charge in [-0.3, -0.25) is 18.7 Å². The van der Waals surface area contributed by atoms with E-state index in [0.717, 1.165) is 0 Å². The highest BCUT2D eigenvalue weighted by Gasteiger charge is 2.15. The van der Waals surface area contributed by atoms with Crippen molar-refractivity contribution < 1.29 is 0 Å². The van der Waals surface area contributed by atoms with Gasteiger partial charge in [-0.05, 0) is 12.5 Å². The fraction of sp³-hybridized carbons (Fsp3) is 0.375. The van der Waals surface area contributed by atoms with E-state index in [0.29, 0.717) is 45.5 Å². The second-order valence-corrected chi connectivity index (χ2v) is 7.68. The maximum absolute atomic E-state index is 12.5. The van der Waals surface area contributed by atoms with Crippen molar-refractivity contribution in [3.8, 4) is 0 Å². The van der Waals surface area contributed by atoms with Crippen LogP contribution in [0.1, 0.15) is 0 Å². The van der Waals surface area contributed by atoms with Gasteiger partial charge in [0.25, 0.3) is 11.1 Å². The van der Waals surface area contributed by atoms with Crippen molar-refractivity contribution in [3.63, 3.8) is 0 Å². The summed E-state index contributed by atoms with van der Waals surface area (Å²) in [6, 6.07) is 0. The van der Waals surface area contributed by atoms with E-state index in [1.165, 1.54) is 45.1 Å². The summed E-state index contributed by atoms with van der Waals surface area (Å²) in [6.07, 6.45) is 6.82. The third-order valence-electron chi connectivity index (χ3n) is 4.56. The van der Waals surface area contributed by atoms with Crippen LogP contribution in [-0.2, 0) is 27.2 Å². The van der Waals surface area contributed by atoms with Crippen LogP contribution >= 0.6 is 23.5 Å². The molecular weight excluding hydrogens is 400 g/mol. The molecule has 146 valence electrons. The predicted octanol–water partition coefficient (Wildman–Crippen LogP) is 0.717. The van der Waals surface area contributed by atoms with Crippen molar-refractivity contribution >= 4 is 45.6 Å². The first-order valence-electron chi connectivity index (χ1n) is 8.39. The zero-order valence-corrected chi connectivity index (χ0v) is 17.4. The van der Waals surface area contributed by atoms with Gasteiger partial charge in [0.1, 0.15) is 10.8 Å². The molecule has 0 radical (unpaired) electrons. The average Bonchev–Trinajstić information content (AvgIpc) is 3.29. The van der Waals surface area contributed by atoms with Crippen molar-refractivity contribution in [3.05, 3.63) is 33.1 Å². The molecule has 4 aromatic heterocycles. The van der Waals surface area contributed by atoms with E-state index < -0.39 is 0 Å². The standard InChI is InChI=1S/C16H18N8O2S2/c1-21-13(25)9-7-17-23(11(9)19-15(21)27-3)5-6-24-12-10(8-18-24)14(26)22(2)16(20-12)28-4/h7-8H,5-6H2,1-4H3. The Bertz CT molecular complexity index is 1210. The number of hydrogen-bond acceptors (Lipinski definition) is 8. The Labute approximate surface area is 167 Å². The number of hydrogen-bond donors (Lipinski definition) is 0. The van der Waals surface area contributed by atoms with E-state index in [1.807, 2.05) is 12.5 Å². The molecule has 10 nitrogen and oxygen atoms in total. The Morgan fingerprint density at radius 3 is 1.54 bits per heavy atom. The van der Waals surface area contributed by atoms with E-state index in [9.17, 15) is 9.59 Å². The summed E-state index contributed by atoms with van der Waals surface area (Å²) in [4.78, 5) is 34.0. The molecule has 0 saturated heterocycles. The molecule has 4 rings (SSSR count). The van der Waals surface area contributed by atoms with Crippen LogP contribution in [0, 0.1) is 0 Å². The zero-order valence-electron chi connectivity index (χ0n) is 15.8. The van der Waals surface area contributed by atoms with E-state index in [-0.39, 0.29) is 11.1 Å². The number of thioether (sulfide) groups is 2. The largest absolute Gasteiger partial charge is 0.290 e. The van der Waals surface area contributed by atoms with Gasteiger partial charge in [-0.25, -0.2) is 19.3 Å². The number of aryl methyl sites for hydroxylation is 2. The second-order valence-electron chi connectivity index (χ2n) is 6.14. The van der Waals surface area contributed by atoms with Crippen LogP contribution in [-0.4, -0.2) is 51.2 Å². The first-order valence-corrected chi connectivity index (χ1v) is 10.8. The third-order valence-corrected chi connectivity index (χ3v) is 6.02. The maximum Gasteiger partial charge on any atom is 0.265 e. The Morgan fingerprint density at radius 1 is 0.786 bits per heavy atom. The number of rotatable bonds is 5. The number of fused-ring (bicyclic) bond motifs is 2. The summed E-state index contributed by atoms with van der Waals surface area (Å²) in [5, 5.41) is 10.8. The summed E-state index contributed by atoms with van der Waals surface area (Å²) in [5.74, 6) is 0. The van der Waals surface area contributed by atoms with E-state index >= 15 is 0 Å². The molecule has 0 N–H and O–H groups in total. The van der Waals surface area contributed by atoms with Crippen molar-refractivity contribution in [1.29, 1.82) is 0 Å². The SMILES string of the molecule is CSc1nc2c(cnn2CCn2ncc3c(=O)n(C)c(SC)nc32)c(=O)n1C. The average molecular weight is 419 g/mol.